The molecule has 24 heavy (non-hydrogen) atoms. The summed E-state index contributed by atoms with van der Waals surface area (Å²) in [6, 6.07) is 18.7. The summed E-state index contributed by atoms with van der Waals surface area (Å²) >= 11 is 0. The van der Waals surface area contributed by atoms with Crippen molar-refractivity contribution in [1.29, 1.82) is 0 Å². The first kappa shape index (κ1) is 18.9. The Hall–Kier alpha value is -1.42. The molecule has 0 aliphatic heterocycles. The zero-order chi connectivity index (χ0) is 17.8. The van der Waals surface area contributed by atoms with Gasteiger partial charge in [-0.15, -0.1) is 0 Å². The van der Waals surface area contributed by atoms with Gasteiger partial charge in [-0.3, -0.25) is 0 Å². The summed E-state index contributed by atoms with van der Waals surface area (Å²) in [6.07, 6.45) is 0. The minimum Gasteiger partial charge on any atom is -0.416 e. The number of aliphatic hydroxyl groups is 1. The fourth-order valence-electron chi connectivity index (χ4n) is 2.50. The fraction of sp³-hybridized carbons (Fsp3) is 0.429. The van der Waals surface area contributed by atoms with Crippen molar-refractivity contribution in [3.05, 3.63) is 60.2 Å². The highest BCUT2D eigenvalue weighted by atomic mass is 28.4. The molecule has 2 nitrogen and oxygen atoms in total. The van der Waals surface area contributed by atoms with Crippen molar-refractivity contribution in [2.45, 2.75) is 44.8 Å². The first-order valence-corrected chi connectivity index (χ1v) is 11.6. The van der Waals surface area contributed by atoms with E-state index in [0.29, 0.717) is 6.61 Å². The van der Waals surface area contributed by atoms with E-state index in [4.69, 9.17) is 4.43 Å². The summed E-state index contributed by atoms with van der Waals surface area (Å²) in [7, 11) is -1.82. The number of rotatable bonds is 6. The molecule has 1 N–H and O–H groups in total. The monoisotopic (exact) mass is 342 g/mol. The Labute approximate surface area is 147 Å². The third-order valence-electron chi connectivity index (χ3n) is 5.16. The molecule has 2 aromatic carbocycles. The Morgan fingerprint density at radius 2 is 1.54 bits per heavy atom. The summed E-state index contributed by atoms with van der Waals surface area (Å²) in [6.45, 7) is 11.9. The van der Waals surface area contributed by atoms with Gasteiger partial charge in [-0.05, 0) is 34.8 Å². The Balaban J connectivity index is 2.26. The van der Waals surface area contributed by atoms with Crippen molar-refractivity contribution in [2.24, 2.45) is 0 Å². The second kappa shape index (κ2) is 7.64. The van der Waals surface area contributed by atoms with Crippen LogP contribution in [0.4, 0.5) is 0 Å². The molecule has 0 aliphatic rings. The molecule has 0 aromatic heterocycles. The van der Waals surface area contributed by atoms with E-state index in [-0.39, 0.29) is 17.6 Å². The third-order valence-corrected chi connectivity index (χ3v) is 9.66. The number of hydrogen-bond donors (Lipinski definition) is 1. The second-order valence-corrected chi connectivity index (χ2v) is 12.7. The lowest BCUT2D eigenvalue weighted by molar-refractivity contribution is 0.195. The van der Waals surface area contributed by atoms with E-state index in [1.165, 1.54) is 11.1 Å². The molecule has 0 unspecified atom stereocenters. The van der Waals surface area contributed by atoms with Gasteiger partial charge in [-0.1, -0.05) is 75.4 Å². The van der Waals surface area contributed by atoms with Crippen LogP contribution in [-0.2, 0) is 4.43 Å². The Bertz CT molecular complexity index is 644. The van der Waals surface area contributed by atoms with Crippen LogP contribution < -0.4 is 0 Å². The minimum absolute atomic E-state index is 0.00414. The molecule has 2 aromatic rings. The highest BCUT2D eigenvalue weighted by Gasteiger charge is 2.37. The van der Waals surface area contributed by atoms with Gasteiger partial charge >= 0.3 is 0 Å². The van der Waals surface area contributed by atoms with Crippen molar-refractivity contribution in [3.8, 4) is 11.1 Å². The molecule has 130 valence electrons. The maximum Gasteiger partial charge on any atom is 0.192 e. The van der Waals surface area contributed by atoms with Crippen LogP contribution in [0.25, 0.3) is 11.1 Å². The smallest absolute Gasteiger partial charge is 0.192 e. The van der Waals surface area contributed by atoms with Crippen LogP contribution in [0.3, 0.4) is 0 Å². The fourth-order valence-corrected chi connectivity index (χ4v) is 3.55. The molecule has 1 atom stereocenters. The lowest BCUT2D eigenvalue weighted by Crippen LogP contribution is -2.42. The molecule has 0 aliphatic carbocycles. The summed E-state index contributed by atoms with van der Waals surface area (Å²) in [5.74, 6) is -0.00414. The van der Waals surface area contributed by atoms with Crippen LogP contribution in [0.5, 0.6) is 0 Å². The predicted molar refractivity (Wildman–Crippen MR) is 105 cm³/mol. The van der Waals surface area contributed by atoms with Gasteiger partial charge in [0.15, 0.2) is 8.32 Å². The molecular formula is C21H30O2Si. The summed E-state index contributed by atoms with van der Waals surface area (Å²) in [5, 5.41) is 10.2. The minimum atomic E-state index is -1.82. The lowest BCUT2D eigenvalue weighted by atomic mass is 9.91. The van der Waals surface area contributed by atoms with Gasteiger partial charge < -0.3 is 9.53 Å². The zero-order valence-electron chi connectivity index (χ0n) is 15.5. The largest absolute Gasteiger partial charge is 0.416 e. The van der Waals surface area contributed by atoms with Crippen LogP contribution in [0.15, 0.2) is 54.6 Å². The molecule has 0 spiro atoms. The van der Waals surface area contributed by atoms with E-state index < -0.39 is 8.32 Å². The molecule has 0 saturated heterocycles. The van der Waals surface area contributed by atoms with Crippen molar-refractivity contribution < 1.29 is 9.53 Å². The summed E-state index contributed by atoms with van der Waals surface area (Å²) < 4.78 is 6.37. The maximum atomic E-state index is 9.99. The van der Waals surface area contributed by atoms with Gasteiger partial charge in [0.05, 0.1) is 6.61 Å². The molecule has 3 heteroatoms. The maximum absolute atomic E-state index is 9.99. The first-order chi connectivity index (χ1) is 11.3. The van der Waals surface area contributed by atoms with Crippen LogP contribution in [0, 0.1) is 0 Å². The average molecular weight is 343 g/mol. The van der Waals surface area contributed by atoms with Crippen molar-refractivity contribution in [1.82, 2.24) is 0 Å². The van der Waals surface area contributed by atoms with Crippen molar-refractivity contribution >= 4 is 8.32 Å². The molecule has 0 saturated carbocycles. The van der Waals surface area contributed by atoms with Crippen molar-refractivity contribution in [2.75, 3.05) is 13.2 Å². The highest BCUT2D eigenvalue weighted by Crippen LogP contribution is 2.38. The first-order valence-electron chi connectivity index (χ1n) is 8.65. The van der Waals surface area contributed by atoms with Gasteiger partial charge in [0.2, 0.25) is 0 Å². The molecule has 0 fully saturated rings. The number of benzene rings is 2. The van der Waals surface area contributed by atoms with E-state index in [2.05, 4.69) is 64.2 Å². The molecular weight excluding hydrogens is 312 g/mol. The van der Waals surface area contributed by atoms with Gasteiger partial charge in [0, 0.05) is 12.5 Å². The molecule has 0 heterocycles. The van der Waals surface area contributed by atoms with E-state index in [9.17, 15) is 5.11 Å². The molecule has 0 amide bonds. The van der Waals surface area contributed by atoms with Gasteiger partial charge in [-0.2, -0.15) is 0 Å². The van der Waals surface area contributed by atoms with E-state index in [0.717, 1.165) is 5.56 Å². The van der Waals surface area contributed by atoms with E-state index >= 15 is 0 Å². The molecule has 2 rings (SSSR count). The summed E-state index contributed by atoms with van der Waals surface area (Å²) in [4.78, 5) is 0. The third kappa shape index (κ3) is 4.35. The van der Waals surface area contributed by atoms with E-state index in [1.807, 2.05) is 24.3 Å². The Morgan fingerprint density at radius 1 is 0.958 bits per heavy atom. The topological polar surface area (TPSA) is 29.5 Å². The average Bonchev–Trinajstić information content (AvgIpc) is 2.55. The van der Waals surface area contributed by atoms with Gasteiger partial charge in [0.25, 0.3) is 0 Å². The highest BCUT2D eigenvalue weighted by molar-refractivity contribution is 6.74. The second-order valence-electron chi connectivity index (χ2n) is 7.90. The standard InChI is InChI=1S/C21H30O2Si/c1-21(2,3)24(4,5)23-16-18(15-22)20-14-10-9-13-19(20)17-11-7-6-8-12-17/h6-14,18,22H,15-16H2,1-5H3/t18-/m1/s1. The molecule has 0 bridgehead atoms. The number of aliphatic hydroxyl groups excluding tert-OH is 1. The zero-order valence-corrected chi connectivity index (χ0v) is 16.5. The quantitative estimate of drug-likeness (QED) is 0.707. The predicted octanol–water partition coefficient (Wildman–Crippen LogP) is 5.45. The van der Waals surface area contributed by atoms with Crippen LogP contribution in [0.2, 0.25) is 18.1 Å². The number of hydrogen-bond acceptors (Lipinski definition) is 2. The summed E-state index contributed by atoms with van der Waals surface area (Å²) in [5.41, 5.74) is 3.51. The van der Waals surface area contributed by atoms with Gasteiger partial charge in [0.1, 0.15) is 0 Å². The van der Waals surface area contributed by atoms with Gasteiger partial charge in [-0.25, -0.2) is 0 Å². The van der Waals surface area contributed by atoms with Crippen LogP contribution in [-0.4, -0.2) is 26.6 Å². The van der Waals surface area contributed by atoms with Crippen molar-refractivity contribution in [3.63, 3.8) is 0 Å². The Morgan fingerprint density at radius 3 is 2.12 bits per heavy atom. The van der Waals surface area contributed by atoms with E-state index in [1.54, 1.807) is 0 Å². The normalized spacial score (nSPS) is 13.8. The lowest BCUT2D eigenvalue weighted by Gasteiger charge is -2.37. The Kier molecular flexibility index (Phi) is 6.02. The van der Waals surface area contributed by atoms with Crippen LogP contribution in [0.1, 0.15) is 32.3 Å². The molecule has 0 radical (unpaired) electrons. The van der Waals surface area contributed by atoms with Crippen LogP contribution >= 0.6 is 0 Å². The SMILES string of the molecule is CC(C)(C)[Si](C)(C)OC[C@@H](CO)c1ccccc1-c1ccccc1.